The number of nitrogens with zero attached hydrogens (tertiary/aromatic N) is 3. The molecular formula is C14H13N3O5. The lowest BCUT2D eigenvalue weighted by atomic mass is 10.2. The maximum Gasteiger partial charge on any atom is 0.331 e. The van der Waals surface area contributed by atoms with Crippen LogP contribution in [0.4, 0.5) is 5.69 Å². The Balaban J connectivity index is 1.99. The zero-order valence-corrected chi connectivity index (χ0v) is 11.9. The highest BCUT2D eigenvalue weighted by molar-refractivity contribution is 5.87. The van der Waals surface area contributed by atoms with Gasteiger partial charge in [0.2, 0.25) is 0 Å². The van der Waals surface area contributed by atoms with Crippen molar-refractivity contribution in [1.82, 2.24) is 10.1 Å². The van der Waals surface area contributed by atoms with Crippen LogP contribution in [0.1, 0.15) is 30.3 Å². The Labute approximate surface area is 125 Å². The molecule has 0 spiro atoms. The van der Waals surface area contributed by atoms with Gasteiger partial charge >= 0.3 is 5.97 Å². The molecule has 0 radical (unpaired) electrons. The van der Waals surface area contributed by atoms with E-state index in [1.165, 1.54) is 30.4 Å². The van der Waals surface area contributed by atoms with E-state index in [0.717, 1.165) is 0 Å². The molecule has 0 bridgehead atoms. The molecule has 2 aromatic rings. The first kappa shape index (κ1) is 15.4. The van der Waals surface area contributed by atoms with Crippen molar-refractivity contribution in [2.45, 2.75) is 20.0 Å². The summed E-state index contributed by atoms with van der Waals surface area (Å²) in [4.78, 5) is 25.8. The van der Waals surface area contributed by atoms with Crippen molar-refractivity contribution in [2.75, 3.05) is 0 Å². The fourth-order valence-electron chi connectivity index (χ4n) is 1.65. The lowest BCUT2D eigenvalue weighted by Crippen LogP contribution is -2.06. The summed E-state index contributed by atoms with van der Waals surface area (Å²) in [5, 5.41) is 14.3. The fourth-order valence-corrected chi connectivity index (χ4v) is 1.65. The van der Waals surface area contributed by atoms with Crippen LogP contribution in [0.5, 0.6) is 0 Å². The van der Waals surface area contributed by atoms with Gasteiger partial charge in [-0.3, -0.25) is 10.1 Å². The first-order chi connectivity index (χ1) is 10.5. The Bertz CT molecular complexity index is 723. The second kappa shape index (κ2) is 6.61. The Kier molecular flexibility index (Phi) is 4.62. The zero-order valence-electron chi connectivity index (χ0n) is 11.9. The Morgan fingerprint density at radius 1 is 1.50 bits per heavy atom. The molecule has 2 rings (SSSR count). The van der Waals surface area contributed by atoms with Crippen LogP contribution in [-0.2, 0) is 9.53 Å². The number of benzene rings is 1. The van der Waals surface area contributed by atoms with Crippen LogP contribution in [0.2, 0.25) is 0 Å². The number of carbonyl (C=O) groups is 1. The minimum Gasteiger partial charge on any atom is -0.449 e. The standard InChI is InChI=1S/C14H13N3O5/c1-9(14-15-10(2)16-22-14)21-13(18)7-6-11-4-3-5-12(8-11)17(19)20/h3-9H,1-2H3. The van der Waals surface area contributed by atoms with Gasteiger partial charge in [0, 0.05) is 18.2 Å². The number of ether oxygens (including phenoxy) is 1. The van der Waals surface area contributed by atoms with Gasteiger partial charge in [-0.15, -0.1) is 0 Å². The van der Waals surface area contributed by atoms with E-state index < -0.39 is 17.0 Å². The summed E-state index contributed by atoms with van der Waals surface area (Å²) < 4.78 is 9.99. The second-order valence-electron chi connectivity index (χ2n) is 4.44. The van der Waals surface area contributed by atoms with Gasteiger partial charge in [0.05, 0.1) is 4.92 Å². The van der Waals surface area contributed by atoms with Gasteiger partial charge < -0.3 is 9.26 Å². The molecule has 0 saturated carbocycles. The highest BCUT2D eigenvalue weighted by atomic mass is 16.6. The minimum atomic E-state index is -0.677. The summed E-state index contributed by atoms with van der Waals surface area (Å²) in [5.74, 6) is 0.0366. The molecule has 1 atom stereocenters. The Morgan fingerprint density at radius 2 is 2.27 bits per heavy atom. The third-order valence-electron chi connectivity index (χ3n) is 2.68. The van der Waals surface area contributed by atoms with Crippen molar-refractivity contribution in [2.24, 2.45) is 0 Å². The van der Waals surface area contributed by atoms with Crippen molar-refractivity contribution in [3.63, 3.8) is 0 Å². The molecule has 0 fully saturated rings. The van der Waals surface area contributed by atoms with Crippen LogP contribution in [0.15, 0.2) is 34.9 Å². The summed E-state index contributed by atoms with van der Waals surface area (Å²) >= 11 is 0. The number of aryl methyl sites for hydroxylation is 1. The van der Waals surface area contributed by atoms with E-state index in [1.54, 1.807) is 19.9 Å². The number of nitro groups is 1. The highest BCUT2D eigenvalue weighted by Gasteiger charge is 2.16. The quantitative estimate of drug-likeness (QED) is 0.361. The van der Waals surface area contributed by atoms with Crippen molar-refractivity contribution in [3.8, 4) is 0 Å². The molecule has 8 nitrogen and oxygen atoms in total. The number of hydrogen-bond donors (Lipinski definition) is 0. The maximum atomic E-state index is 11.7. The number of carbonyl (C=O) groups excluding carboxylic acids is 1. The van der Waals surface area contributed by atoms with Crippen LogP contribution in [-0.4, -0.2) is 21.0 Å². The molecule has 1 aromatic carbocycles. The lowest BCUT2D eigenvalue weighted by Gasteiger charge is -2.06. The first-order valence-corrected chi connectivity index (χ1v) is 6.39. The van der Waals surface area contributed by atoms with E-state index in [-0.39, 0.29) is 11.6 Å². The molecule has 1 unspecified atom stereocenters. The number of aromatic nitrogens is 2. The lowest BCUT2D eigenvalue weighted by molar-refractivity contribution is -0.384. The maximum absolute atomic E-state index is 11.7. The van der Waals surface area contributed by atoms with Gasteiger partial charge in [-0.1, -0.05) is 17.3 Å². The predicted octanol–water partition coefficient (Wildman–Crippen LogP) is 2.60. The molecule has 22 heavy (non-hydrogen) atoms. The summed E-state index contributed by atoms with van der Waals surface area (Å²) in [7, 11) is 0. The highest BCUT2D eigenvalue weighted by Crippen LogP contribution is 2.16. The second-order valence-corrected chi connectivity index (χ2v) is 4.44. The third-order valence-corrected chi connectivity index (χ3v) is 2.68. The van der Waals surface area contributed by atoms with Crippen LogP contribution in [0.3, 0.4) is 0 Å². The largest absolute Gasteiger partial charge is 0.449 e. The molecule has 0 amide bonds. The zero-order chi connectivity index (χ0) is 16.1. The van der Waals surface area contributed by atoms with E-state index >= 15 is 0 Å². The number of esters is 1. The van der Waals surface area contributed by atoms with Crippen molar-refractivity contribution >= 4 is 17.7 Å². The van der Waals surface area contributed by atoms with Crippen LogP contribution < -0.4 is 0 Å². The molecule has 0 N–H and O–H groups in total. The number of hydrogen-bond acceptors (Lipinski definition) is 7. The Hall–Kier alpha value is -3.03. The van der Waals surface area contributed by atoms with E-state index in [4.69, 9.17) is 9.26 Å². The van der Waals surface area contributed by atoms with E-state index in [0.29, 0.717) is 11.4 Å². The van der Waals surface area contributed by atoms with Crippen LogP contribution >= 0.6 is 0 Å². The molecule has 8 heteroatoms. The normalized spacial score (nSPS) is 12.3. The van der Waals surface area contributed by atoms with Gasteiger partial charge in [-0.25, -0.2) is 4.79 Å². The summed E-state index contributed by atoms with van der Waals surface area (Å²) in [6.07, 6.45) is 1.93. The van der Waals surface area contributed by atoms with Crippen molar-refractivity contribution < 1.29 is 19.0 Å². The van der Waals surface area contributed by atoms with Gasteiger partial charge in [-0.2, -0.15) is 4.98 Å². The molecule has 0 saturated heterocycles. The molecule has 1 aromatic heterocycles. The summed E-state index contributed by atoms with van der Waals surface area (Å²) in [6, 6.07) is 5.90. The average Bonchev–Trinajstić information content (AvgIpc) is 2.92. The monoisotopic (exact) mass is 303 g/mol. The van der Waals surface area contributed by atoms with E-state index in [9.17, 15) is 14.9 Å². The molecule has 1 heterocycles. The topological polar surface area (TPSA) is 108 Å². The van der Waals surface area contributed by atoms with Gasteiger partial charge in [0.1, 0.15) is 0 Å². The smallest absolute Gasteiger partial charge is 0.331 e. The molecule has 114 valence electrons. The Morgan fingerprint density at radius 3 is 2.91 bits per heavy atom. The van der Waals surface area contributed by atoms with E-state index in [2.05, 4.69) is 10.1 Å². The van der Waals surface area contributed by atoms with Crippen LogP contribution in [0, 0.1) is 17.0 Å². The SMILES string of the molecule is Cc1noc(C(C)OC(=O)C=Cc2cccc([N+](=O)[O-])c2)n1. The average molecular weight is 303 g/mol. The van der Waals surface area contributed by atoms with Crippen LogP contribution in [0.25, 0.3) is 6.08 Å². The first-order valence-electron chi connectivity index (χ1n) is 6.39. The number of non-ortho nitro benzene ring substituents is 1. The van der Waals surface area contributed by atoms with Crippen molar-refractivity contribution in [1.29, 1.82) is 0 Å². The van der Waals surface area contributed by atoms with Gasteiger partial charge in [-0.05, 0) is 25.5 Å². The molecule has 0 aliphatic heterocycles. The third kappa shape index (κ3) is 3.98. The van der Waals surface area contributed by atoms with Crippen molar-refractivity contribution in [3.05, 3.63) is 57.7 Å². The minimum absolute atomic E-state index is 0.0507. The molecular weight excluding hydrogens is 290 g/mol. The van der Waals surface area contributed by atoms with E-state index in [1.807, 2.05) is 0 Å². The molecule has 0 aliphatic carbocycles. The van der Waals surface area contributed by atoms with Gasteiger partial charge in [0.25, 0.3) is 11.6 Å². The predicted molar refractivity (Wildman–Crippen MR) is 75.7 cm³/mol. The number of rotatable bonds is 5. The summed E-state index contributed by atoms with van der Waals surface area (Å²) in [5.41, 5.74) is 0.470. The molecule has 0 aliphatic rings. The summed E-state index contributed by atoms with van der Waals surface area (Å²) in [6.45, 7) is 3.26. The number of nitro benzene ring substituents is 1. The van der Waals surface area contributed by atoms with Gasteiger partial charge in [0.15, 0.2) is 11.9 Å². The fraction of sp³-hybridized carbons (Fsp3) is 0.214.